The van der Waals surface area contributed by atoms with Crippen LogP contribution in [0.1, 0.15) is 25.8 Å². The molecule has 0 amide bonds. The van der Waals surface area contributed by atoms with Crippen molar-refractivity contribution < 1.29 is 5.11 Å². The first-order valence-corrected chi connectivity index (χ1v) is 6.03. The third-order valence-corrected chi connectivity index (χ3v) is 3.00. The second-order valence-corrected chi connectivity index (χ2v) is 4.72. The van der Waals surface area contributed by atoms with E-state index in [1.807, 2.05) is 6.07 Å². The molecule has 1 rings (SSSR count). The van der Waals surface area contributed by atoms with Crippen LogP contribution in [0.4, 0.5) is 5.69 Å². The van der Waals surface area contributed by atoms with Crippen molar-refractivity contribution in [1.82, 2.24) is 0 Å². The van der Waals surface area contributed by atoms with Crippen LogP contribution in [0.3, 0.4) is 0 Å². The van der Waals surface area contributed by atoms with Crippen molar-refractivity contribution in [1.29, 1.82) is 5.26 Å². The lowest BCUT2D eigenvalue weighted by molar-refractivity contribution is 0.267. The van der Waals surface area contributed by atoms with Gasteiger partial charge in [0, 0.05) is 12.6 Å². The van der Waals surface area contributed by atoms with Gasteiger partial charge in [0.1, 0.15) is 0 Å². The van der Waals surface area contributed by atoms with Crippen LogP contribution in [0.15, 0.2) is 18.2 Å². The number of anilines is 1. The maximum atomic E-state index is 9.00. The van der Waals surface area contributed by atoms with Gasteiger partial charge in [-0.05, 0) is 30.5 Å². The van der Waals surface area contributed by atoms with E-state index in [1.54, 1.807) is 18.2 Å². The van der Waals surface area contributed by atoms with Crippen LogP contribution in [0.25, 0.3) is 0 Å². The van der Waals surface area contributed by atoms with Crippen LogP contribution in [-0.2, 0) is 0 Å². The monoisotopic (exact) mass is 252 g/mol. The molecule has 0 aliphatic rings. The highest BCUT2D eigenvalue weighted by Gasteiger charge is 2.13. The molecule has 0 radical (unpaired) electrons. The number of hydrogen-bond donors (Lipinski definition) is 2. The molecule has 0 saturated carbocycles. The number of nitrogens with one attached hydrogen (secondary N) is 1. The largest absolute Gasteiger partial charge is 0.396 e. The fourth-order valence-electron chi connectivity index (χ4n) is 1.61. The summed E-state index contributed by atoms with van der Waals surface area (Å²) in [5.74, 6) is 0.397. The zero-order chi connectivity index (χ0) is 12.8. The number of rotatable bonds is 5. The minimum atomic E-state index is 0.143. The normalized spacial score (nSPS) is 12.2. The van der Waals surface area contributed by atoms with Gasteiger partial charge in [-0.15, -0.1) is 0 Å². The Labute approximate surface area is 107 Å². The third-order valence-electron chi connectivity index (χ3n) is 2.68. The number of nitriles is 1. The second kappa shape index (κ2) is 6.48. The summed E-state index contributed by atoms with van der Waals surface area (Å²) in [5, 5.41) is 21.6. The lowest BCUT2D eigenvalue weighted by Crippen LogP contribution is -2.26. The quantitative estimate of drug-likeness (QED) is 0.847. The maximum Gasteiger partial charge on any atom is 0.0992 e. The number of hydrogen-bond acceptors (Lipinski definition) is 3. The van der Waals surface area contributed by atoms with E-state index in [-0.39, 0.29) is 12.6 Å². The molecule has 0 aliphatic heterocycles. The van der Waals surface area contributed by atoms with Crippen LogP contribution in [-0.4, -0.2) is 17.8 Å². The lowest BCUT2D eigenvalue weighted by Gasteiger charge is -2.23. The molecule has 0 fully saturated rings. The second-order valence-electron chi connectivity index (χ2n) is 4.31. The Balaban J connectivity index is 2.83. The predicted molar refractivity (Wildman–Crippen MR) is 70.1 cm³/mol. The average Bonchev–Trinajstić information content (AvgIpc) is 2.30. The third kappa shape index (κ3) is 3.92. The van der Waals surface area contributed by atoms with Crippen LogP contribution in [0.2, 0.25) is 5.02 Å². The first kappa shape index (κ1) is 13.8. The van der Waals surface area contributed by atoms with Crippen molar-refractivity contribution in [3.8, 4) is 6.07 Å². The Hall–Kier alpha value is -1.24. The van der Waals surface area contributed by atoms with Crippen molar-refractivity contribution in [2.75, 3.05) is 11.9 Å². The Morgan fingerprint density at radius 2 is 2.18 bits per heavy atom. The van der Waals surface area contributed by atoms with E-state index in [0.717, 1.165) is 5.69 Å². The zero-order valence-corrected chi connectivity index (χ0v) is 10.8. The van der Waals surface area contributed by atoms with Crippen LogP contribution in [0.5, 0.6) is 0 Å². The summed E-state index contributed by atoms with van der Waals surface area (Å²) in [4.78, 5) is 0. The summed E-state index contributed by atoms with van der Waals surface area (Å²) in [7, 11) is 0. The van der Waals surface area contributed by atoms with Gasteiger partial charge in [-0.1, -0.05) is 25.4 Å². The molecule has 92 valence electrons. The van der Waals surface area contributed by atoms with Crippen molar-refractivity contribution >= 4 is 17.3 Å². The molecule has 4 heteroatoms. The first-order valence-electron chi connectivity index (χ1n) is 5.65. The summed E-state index contributed by atoms with van der Waals surface area (Å²) in [6.45, 7) is 4.32. The highest BCUT2D eigenvalue weighted by molar-refractivity contribution is 6.33. The van der Waals surface area contributed by atoms with Gasteiger partial charge in [0.2, 0.25) is 0 Å². The topological polar surface area (TPSA) is 56.0 Å². The molecule has 1 unspecified atom stereocenters. The Morgan fingerprint density at radius 1 is 1.47 bits per heavy atom. The van der Waals surface area contributed by atoms with Gasteiger partial charge in [-0.3, -0.25) is 0 Å². The molecule has 1 aromatic carbocycles. The molecule has 0 aliphatic carbocycles. The first-order chi connectivity index (χ1) is 8.08. The van der Waals surface area contributed by atoms with Gasteiger partial charge in [0.15, 0.2) is 0 Å². The van der Waals surface area contributed by atoms with E-state index < -0.39 is 0 Å². The highest BCUT2D eigenvalue weighted by Crippen LogP contribution is 2.25. The Bertz CT molecular complexity index is 412. The zero-order valence-electron chi connectivity index (χ0n) is 10.1. The molecule has 0 heterocycles. The summed E-state index contributed by atoms with van der Waals surface area (Å²) < 4.78 is 0. The smallest absolute Gasteiger partial charge is 0.0992 e. The van der Waals surface area contributed by atoms with Gasteiger partial charge < -0.3 is 10.4 Å². The summed E-state index contributed by atoms with van der Waals surface area (Å²) in [6.07, 6.45) is 0.675. The van der Waals surface area contributed by atoms with E-state index >= 15 is 0 Å². The predicted octanol–water partition coefficient (Wildman–Crippen LogP) is 3.03. The van der Waals surface area contributed by atoms with Crippen LogP contribution < -0.4 is 5.32 Å². The van der Waals surface area contributed by atoms with E-state index in [1.165, 1.54) is 0 Å². The lowest BCUT2D eigenvalue weighted by atomic mass is 10.0. The van der Waals surface area contributed by atoms with Crippen molar-refractivity contribution in [2.24, 2.45) is 5.92 Å². The van der Waals surface area contributed by atoms with Gasteiger partial charge >= 0.3 is 0 Å². The van der Waals surface area contributed by atoms with Crippen LogP contribution in [0, 0.1) is 17.2 Å². The summed E-state index contributed by atoms with van der Waals surface area (Å²) >= 11 is 6.08. The molecule has 0 saturated heterocycles. The maximum absolute atomic E-state index is 9.00. The molecule has 2 N–H and O–H groups in total. The molecule has 1 aromatic rings. The van der Waals surface area contributed by atoms with E-state index in [2.05, 4.69) is 19.2 Å². The van der Waals surface area contributed by atoms with Crippen molar-refractivity contribution in [2.45, 2.75) is 26.3 Å². The molecular weight excluding hydrogens is 236 g/mol. The molecule has 0 aromatic heterocycles. The minimum Gasteiger partial charge on any atom is -0.396 e. The Morgan fingerprint density at radius 3 is 2.65 bits per heavy atom. The van der Waals surface area contributed by atoms with Crippen molar-refractivity contribution in [3.63, 3.8) is 0 Å². The molecule has 0 spiro atoms. The Kier molecular flexibility index (Phi) is 5.27. The highest BCUT2D eigenvalue weighted by atomic mass is 35.5. The fourth-order valence-corrected chi connectivity index (χ4v) is 1.85. The van der Waals surface area contributed by atoms with E-state index in [4.69, 9.17) is 22.0 Å². The minimum absolute atomic E-state index is 0.143. The summed E-state index contributed by atoms with van der Waals surface area (Å²) in [5.41, 5.74) is 1.35. The van der Waals surface area contributed by atoms with Crippen molar-refractivity contribution in [3.05, 3.63) is 28.8 Å². The van der Waals surface area contributed by atoms with Crippen LogP contribution >= 0.6 is 11.6 Å². The average molecular weight is 253 g/mol. The summed E-state index contributed by atoms with van der Waals surface area (Å²) in [6, 6.07) is 7.38. The number of benzene rings is 1. The molecular formula is C13H17ClN2O. The van der Waals surface area contributed by atoms with Gasteiger partial charge in [0.05, 0.1) is 22.3 Å². The van der Waals surface area contributed by atoms with E-state index in [9.17, 15) is 0 Å². The van der Waals surface area contributed by atoms with Gasteiger partial charge in [-0.25, -0.2) is 0 Å². The van der Waals surface area contributed by atoms with Gasteiger partial charge in [0.25, 0.3) is 0 Å². The number of aliphatic hydroxyl groups is 1. The number of nitrogens with zero attached hydrogens (tertiary/aromatic N) is 1. The molecule has 0 bridgehead atoms. The molecule has 17 heavy (non-hydrogen) atoms. The number of halogens is 1. The SMILES string of the molecule is CC(C)C(CCO)Nc1ccc(C#N)cc1Cl. The molecule has 3 nitrogen and oxygen atoms in total. The standard InChI is InChI=1S/C13H17ClN2O/c1-9(2)12(5-6-17)16-13-4-3-10(8-15)7-11(13)14/h3-4,7,9,12,16-17H,5-6H2,1-2H3. The van der Waals surface area contributed by atoms with Gasteiger partial charge in [-0.2, -0.15) is 5.26 Å². The number of aliphatic hydroxyl groups excluding tert-OH is 1. The fraction of sp³-hybridized carbons (Fsp3) is 0.462. The molecule has 1 atom stereocenters. The van der Waals surface area contributed by atoms with E-state index in [0.29, 0.717) is 22.9 Å².